The van der Waals surface area contributed by atoms with Gasteiger partial charge in [0, 0.05) is 14.1 Å². The minimum Gasteiger partial charge on any atom is -0.307 e. The number of nitrogens with one attached hydrogen (secondary N) is 1. The van der Waals surface area contributed by atoms with E-state index in [9.17, 15) is 4.79 Å². The number of carbonyl (C=O) groups excluding carboxylic acids is 1. The molecule has 1 amide bonds. The van der Waals surface area contributed by atoms with Crippen LogP contribution in [-0.4, -0.2) is 15.7 Å². The first-order chi connectivity index (χ1) is 10.0. The lowest BCUT2D eigenvalue weighted by Crippen LogP contribution is -2.17. The van der Waals surface area contributed by atoms with Crippen molar-refractivity contribution in [1.82, 2.24) is 9.78 Å². The zero-order chi connectivity index (χ0) is 15.4. The third-order valence-corrected chi connectivity index (χ3v) is 4.19. The van der Waals surface area contributed by atoms with Crippen molar-refractivity contribution in [2.75, 3.05) is 5.32 Å². The van der Waals surface area contributed by atoms with Gasteiger partial charge in [-0.1, -0.05) is 15.9 Å². The molecule has 0 radical (unpaired) electrons. The van der Waals surface area contributed by atoms with Crippen LogP contribution in [0.25, 0.3) is 0 Å². The maximum Gasteiger partial charge on any atom is 0.257 e. The van der Waals surface area contributed by atoms with Gasteiger partial charge in [-0.3, -0.25) is 4.79 Å². The first kappa shape index (κ1) is 16.0. The van der Waals surface area contributed by atoms with E-state index in [2.05, 4.69) is 55.0 Å². The lowest BCUT2D eigenvalue weighted by molar-refractivity contribution is 0.102. The van der Waals surface area contributed by atoms with Crippen LogP contribution in [0.2, 0.25) is 0 Å². The summed E-state index contributed by atoms with van der Waals surface area (Å²) in [7, 11) is 0. The van der Waals surface area contributed by atoms with Gasteiger partial charge in [-0.05, 0) is 47.7 Å². The number of hydrogen-bond acceptors (Lipinski definition) is 3. The van der Waals surface area contributed by atoms with Gasteiger partial charge in [0.05, 0.1) is 30.3 Å². The van der Waals surface area contributed by atoms with Crippen LogP contribution in [-0.2, 0) is 6.54 Å². The average molecular weight is 459 g/mol. The van der Waals surface area contributed by atoms with Gasteiger partial charge in [0.1, 0.15) is 5.82 Å². The Labute approximate surface area is 144 Å². The molecule has 0 fully saturated rings. The van der Waals surface area contributed by atoms with Gasteiger partial charge in [-0.25, -0.2) is 4.68 Å². The molecule has 1 aromatic carbocycles. The molecule has 1 N–H and O–H groups in total. The highest BCUT2D eigenvalue weighted by atomic mass is 127. The second-order valence-corrected chi connectivity index (χ2v) is 6.46. The van der Waals surface area contributed by atoms with E-state index in [0.717, 1.165) is 13.7 Å². The van der Waals surface area contributed by atoms with Crippen molar-refractivity contribution in [3.05, 3.63) is 43.6 Å². The summed E-state index contributed by atoms with van der Waals surface area (Å²) in [5.41, 5.74) is 1.39. The quantitative estimate of drug-likeness (QED) is 0.709. The van der Waals surface area contributed by atoms with Gasteiger partial charge in [0.15, 0.2) is 0 Å². The first-order valence-corrected chi connectivity index (χ1v) is 8.06. The van der Waals surface area contributed by atoms with Crippen molar-refractivity contribution in [1.29, 1.82) is 5.26 Å². The molecule has 2 rings (SSSR count). The zero-order valence-corrected chi connectivity index (χ0v) is 15.0. The summed E-state index contributed by atoms with van der Waals surface area (Å²) in [6.07, 6.45) is 0.346. The van der Waals surface area contributed by atoms with Crippen molar-refractivity contribution in [3.8, 4) is 6.07 Å². The van der Waals surface area contributed by atoms with E-state index in [0.29, 0.717) is 24.3 Å². The van der Waals surface area contributed by atoms with E-state index in [1.165, 1.54) is 0 Å². The number of halogens is 2. The highest BCUT2D eigenvalue weighted by Crippen LogP contribution is 2.20. The van der Waals surface area contributed by atoms with Crippen molar-refractivity contribution >= 4 is 50.2 Å². The monoisotopic (exact) mass is 458 g/mol. The number of rotatable bonds is 4. The Morgan fingerprint density at radius 2 is 2.29 bits per heavy atom. The van der Waals surface area contributed by atoms with E-state index in [1.54, 1.807) is 16.8 Å². The van der Waals surface area contributed by atoms with Crippen LogP contribution in [0.5, 0.6) is 0 Å². The Morgan fingerprint density at radius 3 is 3.00 bits per heavy atom. The molecular weight excluding hydrogens is 447 g/mol. The van der Waals surface area contributed by atoms with Crippen molar-refractivity contribution in [2.45, 2.75) is 19.9 Å². The Bertz CT molecular complexity index is 720. The van der Waals surface area contributed by atoms with E-state index < -0.39 is 0 Å². The molecule has 0 bridgehead atoms. The maximum atomic E-state index is 12.4. The molecular formula is C14H12BrIN4O. The topological polar surface area (TPSA) is 70.7 Å². The maximum absolute atomic E-state index is 12.4. The lowest BCUT2D eigenvalue weighted by Gasteiger charge is -2.09. The van der Waals surface area contributed by atoms with E-state index in [-0.39, 0.29) is 5.91 Å². The second-order valence-electron chi connectivity index (χ2n) is 4.38. The zero-order valence-electron chi connectivity index (χ0n) is 11.2. The molecule has 0 spiro atoms. The van der Waals surface area contributed by atoms with Gasteiger partial charge >= 0.3 is 0 Å². The van der Waals surface area contributed by atoms with Crippen molar-refractivity contribution in [2.24, 2.45) is 0 Å². The van der Waals surface area contributed by atoms with Gasteiger partial charge in [-0.15, -0.1) is 0 Å². The van der Waals surface area contributed by atoms with Gasteiger partial charge in [0.2, 0.25) is 0 Å². The molecule has 108 valence electrons. The third-order valence-electron chi connectivity index (χ3n) is 2.75. The van der Waals surface area contributed by atoms with Crippen molar-refractivity contribution in [3.63, 3.8) is 0 Å². The van der Waals surface area contributed by atoms with Crippen LogP contribution < -0.4 is 5.32 Å². The normalized spacial score (nSPS) is 10.2. The molecule has 5 nitrogen and oxygen atoms in total. The third kappa shape index (κ3) is 4.04. The molecule has 0 aliphatic carbocycles. The predicted octanol–water partition coefficient (Wildman–Crippen LogP) is 3.72. The Morgan fingerprint density at radius 1 is 1.52 bits per heavy atom. The Hall–Kier alpha value is -1.40. The number of amides is 1. The first-order valence-electron chi connectivity index (χ1n) is 6.19. The smallest absolute Gasteiger partial charge is 0.257 e. The summed E-state index contributed by atoms with van der Waals surface area (Å²) in [6.45, 7) is 2.30. The molecule has 7 heteroatoms. The number of aryl methyl sites for hydroxylation is 2. The summed E-state index contributed by atoms with van der Waals surface area (Å²) in [4.78, 5) is 12.4. The number of benzene rings is 1. The van der Waals surface area contributed by atoms with Crippen LogP contribution in [0.1, 0.15) is 22.5 Å². The molecule has 1 aromatic heterocycles. The van der Waals surface area contributed by atoms with E-state index in [4.69, 9.17) is 5.26 Å². The molecule has 0 aliphatic heterocycles. The standard InChI is InChI=1S/C14H12BrIN4O/c1-9-7-13(20(19-9)6-2-5-17)18-14(21)11-8-10(15)3-4-12(11)16/h3-4,7-8H,2,6H2,1H3,(H,18,21). The fourth-order valence-corrected chi connectivity index (χ4v) is 2.77. The highest BCUT2D eigenvalue weighted by molar-refractivity contribution is 14.1. The largest absolute Gasteiger partial charge is 0.307 e. The van der Waals surface area contributed by atoms with E-state index >= 15 is 0 Å². The van der Waals surface area contributed by atoms with Crippen LogP contribution in [0.3, 0.4) is 0 Å². The summed E-state index contributed by atoms with van der Waals surface area (Å²) in [5, 5.41) is 15.8. The van der Waals surface area contributed by atoms with Crippen LogP contribution in [0, 0.1) is 21.8 Å². The fourth-order valence-electron chi connectivity index (χ4n) is 1.83. The molecule has 21 heavy (non-hydrogen) atoms. The highest BCUT2D eigenvalue weighted by Gasteiger charge is 2.14. The Kier molecular flexibility index (Phi) is 5.36. The fraction of sp³-hybridized carbons (Fsp3) is 0.214. The van der Waals surface area contributed by atoms with Crippen LogP contribution in [0.4, 0.5) is 5.82 Å². The van der Waals surface area contributed by atoms with Crippen LogP contribution in [0.15, 0.2) is 28.7 Å². The van der Waals surface area contributed by atoms with Crippen LogP contribution >= 0.6 is 38.5 Å². The van der Waals surface area contributed by atoms with Gasteiger partial charge < -0.3 is 5.32 Å². The Balaban J connectivity index is 2.23. The number of nitriles is 1. The number of carbonyl (C=O) groups is 1. The molecule has 0 aliphatic rings. The summed E-state index contributed by atoms with van der Waals surface area (Å²) < 4.78 is 3.36. The summed E-state index contributed by atoms with van der Waals surface area (Å²) >= 11 is 5.49. The number of anilines is 1. The number of aromatic nitrogens is 2. The SMILES string of the molecule is Cc1cc(NC(=O)c2cc(Br)ccc2I)n(CCC#N)n1. The molecule has 1 heterocycles. The average Bonchev–Trinajstić information content (AvgIpc) is 2.79. The molecule has 0 atom stereocenters. The molecule has 0 saturated carbocycles. The summed E-state index contributed by atoms with van der Waals surface area (Å²) in [5.74, 6) is 0.405. The molecule has 0 unspecified atom stereocenters. The minimum absolute atomic E-state index is 0.196. The molecule has 2 aromatic rings. The summed E-state index contributed by atoms with van der Waals surface area (Å²) in [6, 6.07) is 9.40. The number of nitrogens with zero attached hydrogens (tertiary/aromatic N) is 3. The second kappa shape index (κ2) is 7.04. The van der Waals surface area contributed by atoms with Gasteiger partial charge in [0.25, 0.3) is 5.91 Å². The minimum atomic E-state index is -0.196. The van der Waals surface area contributed by atoms with Gasteiger partial charge in [-0.2, -0.15) is 10.4 Å². The predicted molar refractivity (Wildman–Crippen MR) is 92.0 cm³/mol. The molecule has 0 saturated heterocycles. The lowest BCUT2D eigenvalue weighted by atomic mass is 10.2. The van der Waals surface area contributed by atoms with Crippen molar-refractivity contribution < 1.29 is 4.79 Å². The van der Waals surface area contributed by atoms with E-state index in [1.807, 2.05) is 19.1 Å². The number of hydrogen-bond donors (Lipinski definition) is 1.